The van der Waals surface area contributed by atoms with Gasteiger partial charge in [0, 0.05) is 11.1 Å². The Kier molecular flexibility index (Phi) is 4.11. The van der Waals surface area contributed by atoms with Crippen LogP contribution in [0.1, 0.15) is 22.8 Å². The molecule has 1 aromatic carbocycles. The van der Waals surface area contributed by atoms with Crippen molar-refractivity contribution >= 4 is 0 Å². The number of nitrogens with two attached hydrogens (primary N) is 1. The SMILES string of the molecule is COc1cccc(C2C(N)=C(C#N)Oc3cc(C)c(=O)oc32)c1OC. The molecule has 25 heavy (non-hydrogen) atoms. The molecule has 0 amide bonds. The van der Waals surface area contributed by atoms with Gasteiger partial charge < -0.3 is 24.4 Å². The van der Waals surface area contributed by atoms with Crippen LogP contribution in [0.25, 0.3) is 0 Å². The minimum Gasteiger partial charge on any atom is -0.493 e. The van der Waals surface area contributed by atoms with E-state index in [1.165, 1.54) is 20.3 Å². The van der Waals surface area contributed by atoms with Gasteiger partial charge in [-0.2, -0.15) is 5.26 Å². The molecule has 3 rings (SSSR count). The van der Waals surface area contributed by atoms with Gasteiger partial charge in [-0.25, -0.2) is 4.79 Å². The molecule has 1 atom stereocenters. The Hall–Kier alpha value is -3.40. The van der Waals surface area contributed by atoms with Gasteiger partial charge in [-0.15, -0.1) is 0 Å². The number of fused-ring (bicyclic) bond motifs is 1. The number of allylic oxidation sites excluding steroid dienone is 2. The molecule has 1 aliphatic rings. The second kappa shape index (κ2) is 6.24. The molecular formula is C18H16N2O5. The smallest absolute Gasteiger partial charge is 0.339 e. The number of aryl methyl sites for hydroxylation is 1. The lowest BCUT2D eigenvalue weighted by Gasteiger charge is -2.26. The van der Waals surface area contributed by atoms with Crippen molar-refractivity contribution in [3.63, 3.8) is 0 Å². The van der Waals surface area contributed by atoms with E-state index in [0.29, 0.717) is 22.6 Å². The van der Waals surface area contributed by atoms with Crippen molar-refractivity contribution in [2.75, 3.05) is 14.2 Å². The summed E-state index contributed by atoms with van der Waals surface area (Å²) in [6.45, 7) is 1.60. The predicted octanol–water partition coefficient (Wildman–Crippen LogP) is 2.18. The molecule has 0 saturated heterocycles. The minimum atomic E-state index is -0.711. The average Bonchev–Trinajstić information content (AvgIpc) is 2.62. The number of nitrogens with zero attached hydrogens (tertiary/aromatic N) is 1. The highest BCUT2D eigenvalue weighted by molar-refractivity contribution is 5.57. The third-order valence-electron chi connectivity index (χ3n) is 4.01. The van der Waals surface area contributed by atoms with E-state index in [-0.39, 0.29) is 23.0 Å². The summed E-state index contributed by atoms with van der Waals surface area (Å²) in [4.78, 5) is 12.0. The van der Waals surface area contributed by atoms with E-state index < -0.39 is 11.5 Å². The highest BCUT2D eigenvalue weighted by Gasteiger charge is 2.35. The maximum atomic E-state index is 12.0. The van der Waals surface area contributed by atoms with Gasteiger partial charge in [0.2, 0.25) is 5.76 Å². The highest BCUT2D eigenvalue weighted by Crippen LogP contribution is 2.46. The Bertz CT molecular complexity index is 968. The first-order valence-electron chi connectivity index (χ1n) is 7.45. The molecule has 128 valence electrons. The van der Waals surface area contributed by atoms with Crippen molar-refractivity contribution in [1.82, 2.24) is 0 Å². The monoisotopic (exact) mass is 340 g/mol. The second-order valence-corrected chi connectivity index (χ2v) is 5.46. The van der Waals surface area contributed by atoms with Gasteiger partial charge in [-0.3, -0.25) is 0 Å². The molecule has 0 saturated carbocycles. The van der Waals surface area contributed by atoms with Crippen LogP contribution in [0.2, 0.25) is 0 Å². The number of methoxy groups -OCH3 is 2. The van der Waals surface area contributed by atoms with Crippen molar-refractivity contribution in [3.05, 3.63) is 63.0 Å². The highest BCUT2D eigenvalue weighted by atomic mass is 16.5. The minimum absolute atomic E-state index is 0.0457. The van der Waals surface area contributed by atoms with Gasteiger partial charge in [0.15, 0.2) is 23.0 Å². The van der Waals surface area contributed by atoms with Crippen LogP contribution in [-0.2, 0) is 0 Å². The maximum Gasteiger partial charge on any atom is 0.339 e. The van der Waals surface area contributed by atoms with E-state index in [1.807, 2.05) is 6.07 Å². The molecule has 2 aromatic rings. The number of nitriles is 1. The molecule has 1 unspecified atom stereocenters. The zero-order valence-corrected chi connectivity index (χ0v) is 14.0. The number of para-hydroxylation sites is 1. The summed E-state index contributed by atoms with van der Waals surface area (Å²) in [5.74, 6) is 0.670. The lowest BCUT2D eigenvalue weighted by atomic mass is 9.89. The number of hydrogen-bond acceptors (Lipinski definition) is 7. The molecule has 7 heteroatoms. The Labute approximate surface area is 143 Å². The fourth-order valence-corrected chi connectivity index (χ4v) is 2.81. The average molecular weight is 340 g/mol. The van der Waals surface area contributed by atoms with Crippen LogP contribution >= 0.6 is 0 Å². The summed E-state index contributed by atoms with van der Waals surface area (Å²) in [7, 11) is 3.01. The Morgan fingerprint density at radius 3 is 2.68 bits per heavy atom. The van der Waals surface area contributed by atoms with Gasteiger partial charge in [0.25, 0.3) is 0 Å². The van der Waals surface area contributed by atoms with E-state index in [9.17, 15) is 10.1 Å². The molecule has 0 fully saturated rings. The number of hydrogen-bond donors (Lipinski definition) is 1. The van der Waals surface area contributed by atoms with Crippen LogP contribution in [0.15, 0.2) is 44.9 Å². The summed E-state index contributed by atoms with van der Waals surface area (Å²) in [6, 6.07) is 8.73. The largest absolute Gasteiger partial charge is 0.493 e. The van der Waals surface area contributed by atoms with Gasteiger partial charge in [-0.05, 0) is 19.1 Å². The zero-order valence-electron chi connectivity index (χ0n) is 14.0. The fraction of sp³-hybridized carbons (Fsp3) is 0.222. The zero-order chi connectivity index (χ0) is 18.1. The van der Waals surface area contributed by atoms with Crippen molar-refractivity contribution in [2.24, 2.45) is 5.73 Å². The normalized spacial score (nSPS) is 15.8. The van der Waals surface area contributed by atoms with Gasteiger partial charge >= 0.3 is 5.63 Å². The molecule has 7 nitrogen and oxygen atoms in total. The Morgan fingerprint density at radius 2 is 2.04 bits per heavy atom. The number of rotatable bonds is 3. The van der Waals surface area contributed by atoms with E-state index in [4.69, 9.17) is 24.4 Å². The molecule has 0 radical (unpaired) electrons. The van der Waals surface area contributed by atoms with Gasteiger partial charge in [0.1, 0.15) is 6.07 Å². The van der Waals surface area contributed by atoms with E-state index in [2.05, 4.69) is 0 Å². The molecular weight excluding hydrogens is 324 g/mol. The van der Waals surface area contributed by atoms with Crippen LogP contribution in [-0.4, -0.2) is 14.2 Å². The maximum absolute atomic E-state index is 12.0. The quantitative estimate of drug-likeness (QED) is 0.912. The molecule has 1 aliphatic heterocycles. The fourth-order valence-electron chi connectivity index (χ4n) is 2.81. The summed E-state index contributed by atoms with van der Waals surface area (Å²) >= 11 is 0. The predicted molar refractivity (Wildman–Crippen MR) is 88.6 cm³/mol. The molecule has 1 aromatic heterocycles. The summed E-state index contributed by atoms with van der Waals surface area (Å²) in [5, 5.41) is 9.34. The van der Waals surface area contributed by atoms with Crippen LogP contribution in [0.3, 0.4) is 0 Å². The molecule has 0 spiro atoms. The van der Waals surface area contributed by atoms with Crippen LogP contribution < -0.4 is 25.6 Å². The van der Waals surface area contributed by atoms with Crippen LogP contribution in [0.5, 0.6) is 17.2 Å². The summed E-state index contributed by atoms with van der Waals surface area (Å²) in [5.41, 5.74) is 6.76. The summed E-state index contributed by atoms with van der Waals surface area (Å²) < 4.78 is 21.7. The number of ether oxygens (including phenoxy) is 3. The Morgan fingerprint density at radius 1 is 1.28 bits per heavy atom. The van der Waals surface area contributed by atoms with Crippen molar-refractivity contribution in [3.8, 4) is 23.3 Å². The van der Waals surface area contributed by atoms with Crippen molar-refractivity contribution in [1.29, 1.82) is 5.26 Å². The van der Waals surface area contributed by atoms with E-state index in [1.54, 1.807) is 25.1 Å². The topological polar surface area (TPSA) is 108 Å². The van der Waals surface area contributed by atoms with Crippen molar-refractivity contribution in [2.45, 2.75) is 12.8 Å². The molecule has 0 bridgehead atoms. The lowest BCUT2D eigenvalue weighted by Crippen LogP contribution is -2.24. The third kappa shape index (κ3) is 2.58. The first-order chi connectivity index (χ1) is 12.0. The van der Waals surface area contributed by atoms with Gasteiger partial charge in [0.05, 0.1) is 25.8 Å². The Balaban J connectivity index is 2.33. The molecule has 2 N–H and O–H groups in total. The van der Waals surface area contributed by atoms with E-state index in [0.717, 1.165) is 0 Å². The lowest BCUT2D eigenvalue weighted by molar-refractivity contribution is 0.334. The number of benzene rings is 1. The molecule has 2 heterocycles. The third-order valence-corrected chi connectivity index (χ3v) is 4.01. The standard InChI is InChI=1S/C18H16N2O5/c1-9-7-12-17(25-18(9)21)14(15(20)13(8-19)24-12)10-5-4-6-11(22-2)16(10)23-3/h4-7,14H,20H2,1-3H3. The van der Waals surface area contributed by atoms with E-state index >= 15 is 0 Å². The van der Waals surface area contributed by atoms with Crippen LogP contribution in [0.4, 0.5) is 0 Å². The van der Waals surface area contributed by atoms with Gasteiger partial charge in [-0.1, -0.05) is 12.1 Å². The van der Waals surface area contributed by atoms with Crippen LogP contribution in [0, 0.1) is 18.3 Å². The summed E-state index contributed by atoms with van der Waals surface area (Å²) in [6.07, 6.45) is 0. The first-order valence-corrected chi connectivity index (χ1v) is 7.45. The second-order valence-electron chi connectivity index (χ2n) is 5.46. The molecule has 0 aliphatic carbocycles. The first kappa shape index (κ1) is 16.5. The van der Waals surface area contributed by atoms with Crippen molar-refractivity contribution < 1.29 is 18.6 Å².